The van der Waals surface area contributed by atoms with Gasteiger partial charge in [0.2, 0.25) is 0 Å². The quantitative estimate of drug-likeness (QED) is 0.468. The van der Waals surface area contributed by atoms with Crippen molar-refractivity contribution in [3.63, 3.8) is 0 Å². The largest absolute Gasteiger partial charge is 0.490 e. The third-order valence-corrected chi connectivity index (χ3v) is 7.26. The highest BCUT2D eigenvalue weighted by molar-refractivity contribution is 5.30. The van der Waals surface area contributed by atoms with Crippen molar-refractivity contribution < 1.29 is 19.5 Å². The standard InChI is InChI=1S/C24H33N5O5/c30-19-7-12-27(13-8-19)23(18-5-10-25-11-6-18)17-1-3-20(4-2-17)33-16-21-9-14-28-15-22(29(31)32)26-24(28)34-21/h1-4,15,18-19,21,23,25,30H,5-14,16H2/t21-,23?/m1/s1. The van der Waals surface area contributed by atoms with Gasteiger partial charge >= 0.3 is 11.8 Å². The van der Waals surface area contributed by atoms with E-state index in [1.807, 2.05) is 12.1 Å². The molecule has 0 spiro atoms. The van der Waals surface area contributed by atoms with Crippen molar-refractivity contribution in [2.75, 3.05) is 32.8 Å². The van der Waals surface area contributed by atoms with Crippen LogP contribution in [0.25, 0.3) is 0 Å². The maximum absolute atomic E-state index is 10.9. The van der Waals surface area contributed by atoms with Gasteiger partial charge in [0.25, 0.3) is 0 Å². The number of hydrogen-bond donors (Lipinski definition) is 2. The molecular weight excluding hydrogens is 438 g/mol. The van der Waals surface area contributed by atoms with E-state index in [-0.39, 0.29) is 24.0 Å². The Kier molecular flexibility index (Phi) is 6.98. The number of aryl methyl sites for hydroxylation is 1. The molecule has 34 heavy (non-hydrogen) atoms. The molecule has 0 saturated carbocycles. The van der Waals surface area contributed by atoms with Crippen molar-refractivity contribution in [1.82, 2.24) is 19.8 Å². The first kappa shape index (κ1) is 23.1. The molecule has 2 N–H and O–H groups in total. The molecule has 0 amide bonds. The van der Waals surface area contributed by atoms with Crippen LogP contribution in [0.15, 0.2) is 30.5 Å². The minimum atomic E-state index is -0.509. The monoisotopic (exact) mass is 471 g/mol. The molecule has 1 aromatic heterocycles. The van der Waals surface area contributed by atoms with Crippen LogP contribution >= 0.6 is 0 Å². The Bertz CT molecular complexity index is 967. The lowest BCUT2D eigenvalue weighted by molar-refractivity contribution is -0.389. The smallest absolute Gasteiger partial charge is 0.414 e. The molecule has 2 fully saturated rings. The lowest BCUT2D eigenvalue weighted by Gasteiger charge is -2.42. The topological polar surface area (TPSA) is 115 Å². The zero-order chi connectivity index (χ0) is 23.5. The molecule has 2 aromatic rings. The molecule has 10 heteroatoms. The van der Waals surface area contributed by atoms with Crippen molar-refractivity contribution in [2.45, 2.75) is 56.9 Å². The number of nitro groups is 1. The molecule has 184 valence electrons. The van der Waals surface area contributed by atoms with Crippen molar-refractivity contribution in [2.24, 2.45) is 5.92 Å². The number of rotatable bonds is 7. The summed E-state index contributed by atoms with van der Waals surface area (Å²) in [5.41, 5.74) is 1.30. The maximum atomic E-state index is 10.9. The first-order chi connectivity index (χ1) is 16.6. The van der Waals surface area contributed by atoms with Gasteiger partial charge in [0, 0.05) is 37.1 Å². The van der Waals surface area contributed by atoms with Crippen molar-refractivity contribution in [1.29, 1.82) is 0 Å². The molecule has 0 bridgehead atoms. The van der Waals surface area contributed by atoms with Crippen molar-refractivity contribution >= 4 is 5.82 Å². The summed E-state index contributed by atoms with van der Waals surface area (Å²) in [5.74, 6) is 1.19. The summed E-state index contributed by atoms with van der Waals surface area (Å²) in [7, 11) is 0. The summed E-state index contributed by atoms with van der Waals surface area (Å²) in [6.07, 6.45) is 5.74. The lowest BCUT2D eigenvalue weighted by Crippen LogP contribution is -2.43. The summed E-state index contributed by atoms with van der Waals surface area (Å²) in [4.78, 5) is 16.9. The Morgan fingerprint density at radius 3 is 2.59 bits per heavy atom. The first-order valence-electron chi connectivity index (χ1n) is 12.3. The summed E-state index contributed by atoms with van der Waals surface area (Å²) in [5, 5.41) is 24.4. The minimum absolute atomic E-state index is 0.174. The van der Waals surface area contributed by atoms with E-state index >= 15 is 0 Å². The normalized spacial score (nSPS) is 23.1. The molecule has 2 saturated heterocycles. The average Bonchev–Trinajstić information content (AvgIpc) is 3.30. The number of aromatic nitrogens is 2. The number of fused-ring (bicyclic) bond motifs is 1. The van der Waals surface area contributed by atoms with Gasteiger partial charge in [-0.3, -0.25) is 9.47 Å². The van der Waals surface area contributed by atoms with E-state index in [4.69, 9.17) is 9.47 Å². The van der Waals surface area contributed by atoms with Crippen LogP contribution in [0.2, 0.25) is 0 Å². The summed E-state index contributed by atoms with van der Waals surface area (Å²) < 4.78 is 13.5. The fraction of sp³-hybridized carbons (Fsp3) is 0.625. The average molecular weight is 472 g/mol. The number of hydrogen-bond acceptors (Lipinski definition) is 8. The third-order valence-electron chi connectivity index (χ3n) is 7.26. The first-order valence-corrected chi connectivity index (χ1v) is 12.3. The number of benzene rings is 1. The number of ether oxygens (including phenoxy) is 2. The fourth-order valence-corrected chi connectivity index (χ4v) is 5.39. The molecule has 1 unspecified atom stereocenters. The Labute approximate surface area is 199 Å². The van der Waals surface area contributed by atoms with E-state index in [0.29, 0.717) is 31.5 Å². The van der Waals surface area contributed by atoms with E-state index in [1.165, 1.54) is 11.8 Å². The van der Waals surface area contributed by atoms with Gasteiger partial charge in [-0.2, -0.15) is 0 Å². The zero-order valence-corrected chi connectivity index (χ0v) is 19.3. The second-order valence-electron chi connectivity index (χ2n) is 9.54. The zero-order valence-electron chi connectivity index (χ0n) is 19.3. The molecule has 4 heterocycles. The summed E-state index contributed by atoms with van der Waals surface area (Å²) >= 11 is 0. The third kappa shape index (κ3) is 5.18. The van der Waals surface area contributed by atoms with E-state index in [2.05, 4.69) is 27.3 Å². The van der Waals surface area contributed by atoms with E-state index < -0.39 is 4.92 Å². The summed E-state index contributed by atoms with van der Waals surface area (Å²) in [6, 6.07) is 9.03. The molecule has 0 radical (unpaired) electrons. The van der Waals surface area contributed by atoms with Crippen LogP contribution in [0, 0.1) is 16.0 Å². The highest BCUT2D eigenvalue weighted by Gasteiger charge is 2.32. The Hall–Kier alpha value is -2.69. The molecule has 5 rings (SSSR count). The molecule has 10 nitrogen and oxygen atoms in total. The lowest BCUT2D eigenvalue weighted by atomic mass is 9.84. The van der Waals surface area contributed by atoms with Crippen LogP contribution in [-0.2, 0) is 6.54 Å². The molecule has 3 aliphatic heterocycles. The predicted octanol–water partition coefficient (Wildman–Crippen LogP) is 2.52. The fourth-order valence-electron chi connectivity index (χ4n) is 5.39. The molecule has 2 atom stereocenters. The summed E-state index contributed by atoms with van der Waals surface area (Å²) in [6.45, 7) is 4.96. The minimum Gasteiger partial charge on any atom is -0.490 e. The second kappa shape index (κ2) is 10.3. The van der Waals surface area contributed by atoms with E-state index in [1.54, 1.807) is 4.57 Å². The molecular formula is C24H33N5O5. The van der Waals surface area contributed by atoms with Crippen LogP contribution in [-0.4, -0.2) is 69.5 Å². The van der Waals surface area contributed by atoms with Gasteiger partial charge in [0.05, 0.1) is 6.10 Å². The number of aliphatic hydroxyl groups excluding tert-OH is 1. The highest BCUT2D eigenvalue weighted by atomic mass is 16.6. The number of likely N-dealkylation sites (tertiary alicyclic amines) is 1. The van der Waals surface area contributed by atoms with Crippen LogP contribution in [0.5, 0.6) is 11.8 Å². The predicted molar refractivity (Wildman–Crippen MR) is 125 cm³/mol. The number of piperidine rings is 2. The molecule has 1 aromatic carbocycles. The van der Waals surface area contributed by atoms with Gasteiger partial charge in [-0.05, 0) is 67.3 Å². The van der Waals surface area contributed by atoms with Crippen LogP contribution in [0.4, 0.5) is 5.82 Å². The van der Waals surface area contributed by atoms with Gasteiger partial charge in [-0.1, -0.05) is 12.1 Å². The number of aliphatic hydroxyl groups is 1. The van der Waals surface area contributed by atoms with Crippen molar-refractivity contribution in [3.05, 3.63) is 46.1 Å². The van der Waals surface area contributed by atoms with Gasteiger partial charge in [0.15, 0.2) is 0 Å². The number of nitrogens with one attached hydrogen (secondary N) is 1. The second-order valence-corrected chi connectivity index (χ2v) is 9.54. The van der Waals surface area contributed by atoms with Crippen LogP contribution in [0.1, 0.15) is 43.7 Å². The van der Waals surface area contributed by atoms with Gasteiger partial charge in [0.1, 0.15) is 24.7 Å². The van der Waals surface area contributed by atoms with Gasteiger partial charge < -0.3 is 30.0 Å². The molecule has 0 aliphatic carbocycles. The maximum Gasteiger partial charge on any atom is 0.414 e. The van der Waals surface area contributed by atoms with Gasteiger partial charge in [-0.15, -0.1) is 0 Å². The highest BCUT2D eigenvalue weighted by Crippen LogP contribution is 2.36. The van der Waals surface area contributed by atoms with E-state index in [9.17, 15) is 15.2 Å². The Morgan fingerprint density at radius 1 is 1.15 bits per heavy atom. The Morgan fingerprint density at radius 2 is 1.88 bits per heavy atom. The number of imidazole rings is 1. The van der Waals surface area contributed by atoms with Crippen LogP contribution < -0.4 is 14.8 Å². The molecule has 3 aliphatic rings. The van der Waals surface area contributed by atoms with Crippen LogP contribution in [0.3, 0.4) is 0 Å². The Balaban J connectivity index is 1.21. The SMILES string of the molecule is O=[N+]([O-])c1cn2c(n1)O[C@@H](COc1ccc(C(C3CCNCC3)N3CCC(O)CC3)cc1)CC2. The van der Waals surface area contributed by atoms with E-state index in [0.717, 1.165) is 57.6 Å². The van der Waals surface area contributed by atoms with Gasteiger partial charge in [-0.25, -0.2) is 0 Å². The number of nitrogens with zero attached hydrogens (tertiary/aromatic N) is 4. The van der Waals surface area contributed by atoms with Crippen molar-refractivity contribution in [3.8, 4) is 11.8 Å².